The van der Waals surface area contributed by atoms with Gasteiger partial charge in [-0.2, -0.15) is 0 Å². The predicted molar refractivity (Wildman–Crippen MR) is 74.4 cm³/mol. The van der Waals surface area contributed by atoms with Gasteiger partial charge in [0.2, 0.25) is 0 Å². The maximum atomic E-state index is 12.4. The first-order chi connectivity index (χ1) is 9.33. The molecule has 0 saturated carbocycles. The molecule has 1 aromatic heterocycles. The minimum Gasteiger partial charge on any atom is -0.481 e. The Morgan fingerprint density at radius 1 is 1.60 bits per heavy atom. The van der Waals surface area contributed by atoms with Crippen molar-refractivity contribution in [3.63, 3.8) is 0 Å². The maximum absolute atomic E-state index is 12.4. The van der Waals surface area contributed by atoms with E-state index in [-0.39, 0.29) is 17.2 Å². The molecule has 0 bridgehead atoms. The third-order valence-electron chi connectivity index (χ3n) is 3.13. The third kappa shape index (κ3) is 3.57. The Morgan fingerprint density at radius 2 is 2.35 bits per heavy atom. The lowest BCUT2D eigenvalue weighted by atomic mass is 9.90. The smallest absolute Gasteiger partial charge is 0.305 e. The number of carbonyl (C=O) groups is 1. The topological polar surface area (TPSA) is 92.7 Å². The molecule has 20 heavy (non-hydrogen) atoms. The zero-order valence-electron chi connectivity index (χ0n) is 11.1. The summed E-state index contributed by atoms with van der Waals surface area (Å²) in [6.07, 6.45) is 0.818. The van der Waals surface area contributed by atoms with Gasteiger partial charge in [0, 0.05) is 6.61 Å². The van der Waals surface area contributed by atoms with Crippen molar-refractivity contribution in [1.82, 2.24) is 4.72 Å². The molecule has 0 amide bonds. The Bertz CT molecular complexity index is 587. The molecule has 8 heteroatoms. The maximum Gasteiger partial charge on any atom is 0.305 e. The molecule has 0 radical (unpaired) electrons. The van der Waals surface area contributed by atoms with Gasteiger partial charge in [0.1, 0.15) is 4.21 Å². The number of aryl methyl sites for hydroxylation is 1. The van der Waals surface area contributed by atoms with Gasteiger partial charge in [0.15, 0.2) is 0 Å². The van der Waals surface area contributed by atoms with E-state index < -0.39 is 21.5 Å². The summed E-state index contributed by atoms with van der Waals surface area (Å²) in [5, 5.41) is 10.8. The Kier molecular flexibility index (Phi) is 4.48. The molecule has 0 aliphatic carbocycles. The van der Waals surface area contributed by atoms with E-state index in [0.29, 0.717) is 19.4 Å². The Balaban J connectivity index is 2.25. The number of rotatable bonds is 5. The Morgan fingerprint density at radius 3 is 2.85 bits per heavy atom. The molecule has 2 heterocycles. The predicted octanol–water partition coefficient (Wildman–Crippen LogP) is 1.36. The van der Waals surface area contributed by atoms with Crippen LogP contribution in [0.3, 0.4) is 0 Å². The van der Waals surface area contributed by atoms with Crippen LogP contribution in [0.2, 0.25) is 0 Å². The van der Waals surface area contributed by atoms with E-state index in [0.717, 1.165) is 16.9 Å². The highest BCUT2D eigenvalue weighted by molar-refractivity contribution is 7.91. The summed E-state index contributed by atoms with van der Waals surface area (Å²) in [7, 11) is -3.72. The highest BCUT2D eigenvalue weighted by Gasteiger charge is 2.39. The largest absolute Gasteiger partial charge is 0.481 e. The van der Waals surface area contributed by atoms with E-state index in [4.69, 9.17) is 9.84 Å². The molecule has 0 aromatic carbocycles. The van der Waals surface area contributed by atoms with Gasteiger partial charge in [-0.05, 0) is 36.8 Å². The quantitative estimate of drug-likeness (QED) is 0.855. The van der Waals surface area contributed by atoms with Gasteiger partial charge >= 0.3 is 5.97 Å². The van der Waals surface area contributed by atoms with Gasteiger partial charge in [0.25, 0.3) is 10.0 Å². The molecule has 0 spiro atoms. The average Bonchev–Trinajstić information content (AvgIpc) is 2.76. The molecule has 1 atom stereocenters. The van der Waals surface area contributed by atoms with Gasteiger partial charge in [0.05, 0.1) is 18.6 Å². The van der Waals surface area contributed by atoms with Crippen molar-refractivity contribution < 1.29 is 23.1 Å². The molecule has 6 nitrogen and oxygen atoms in total. The first kappa shape index (κ1) is 15.4. The van der Waals surface area contributed by atoms with Gasteiger partial charge < -0.3 is 9.84 Å². The SMILES string of the molecule is Cc1csc(S(=O)(=O)NC2(CC(=O)O)CCCOC2)c1. The molecule has 2 N–H and O–H groups in total. The number of nitrogens with one attached hydrogen (secondary N) is 1. The standard InChI is InChI=1S/C12H17NO5S2/c1-9-5-11(19-7-9)20(16,17)13-12(6-10(14)15)3-2-4-18-8-12/h5,7,13H,2-4,6,8H2,1H3,(H,14,15). The Hall–Kier alpha value is -0.960. The van der Waals surface area contributed by atoms with Gasteiger partial charge in [-0.1, -0.05) is 0 Å². The van der Waals surface area contributed by atoms with Crippen molar-refractivity contribution in [2.75, 3.05) is 13.2 Å². The molecule has 1 aliphatic rings. The first-order valence-electron chi connectivity index (χ1n) is 6.22. The van der Waals surface area contributed by atoms with Crippen molar-refractivity contribution in [2.45, 2.75) is 35.9 Å². The van der Waals surface area contributed by atoms with E-state index >= 15 is 0 Å². The van der Waals surface area contributed by atoms with E-state index in [1.165, 1.54) is 0 Å². The van der Waals surface area contributed by atoms with Crippen LogP contribution < -0.4 is 4.72 Å². The van der Waals surface area contributed by atoms with Crippen molar-refractivity contribution in [2.24, 2.45) is 0 Å². The number of hydrogen-bond donors (Lipinski definition) is 2. The summed E-state index contributed by atoms with van der Waals surface area (Å²) in [5.41, 5.74) is -0.191. The average molecular weight is 319 g/mol. The van der Waals surface area contributed by atoms with Crippen molar-refractivity contribution in [3.05, 3.63) is 17.0 Å². The van der Waals surface area contributed by atoms with Crippen LogP contribution in [0, 0.1) is 6.92 Å². The molecule has 2 rings (SSSR count). The summed E-state index contributed by atoms with van der Waals surface area (Å²) >= 11 is 1.12. The molecule has 1 fully saturated rings. The van der Waals surface area contributed by atoms with Crippen LogP contribution in [-0.4, -0.2) is 38.2 Å². The molecule has 1 unspecified atom stereocenters. The summed E-state index contributed by atoms with van der Waals surface area (Å²) in [5.74, 6) is -1.04. The fraction of sp³-hybridized carbons (Fsp3) is 0.583. The fourth-order valence-corrected chi connectivity index (χ4v) is 4.92. The number of sulfonamides is 1. The molecular formula is C12H17NO5S2. The lowest BCUT2D eigenvalue weighted by Gasteiger charge is -2.36. The van der Waals surface area contributed by atoms with Crippen LogP contribution in [0.5, 0.6) is 0 Å². The lowest BCUT2D eigenvalue weighted by Crippen LogP contribution is -2.54. The monoisotopic (exact) mass is 319 g/mol. The van der Waals surface area contributed by atoms with Gasteiger partial charge in [-0.25, -0.2) is 13.1 Å². The van der Waals surface area contributed by atoms with Gasteiger partial charge in [-0.3, -0.25) is 4.79 Å². The molecular weight excluding hydrogens is 302 g/mol. The fourth-order valence-electron chi connectivity index (χ4n) is 2.28. The van der Waals surface area contributed by atoms with Crippen LogP contribution >= 0.6 is 11.3 Å². The second-order valence-corrected chi connectivity index (χ2v) is 7.88. The summed E-state index contributed by atoms with van der Waals surface area (Å²) in [6, 6.07) is 1.57. The summed E-state index contributed by atoms with van der Waals surface area (Å²) in [4.78, 5) is 11.0. The normalized spacial score (nSPS) is 23.6. The molecule has 1 saturated heterocycles. The van der Waals surface area contributed by atoms with Crippen LogP contribution in [0.4, 0.5) is 0 Å². The van der Waals surface area contributed by atoms with Crippen molar-refractivity contribution in [1.29, 1.82) is 0 Å². The number of aliphatic carboxylic acids is 1. The minimum atomic E-state index is -3.72. The third-order valence-corrected chi connectivity index (χ3v) is 6.27. The van der Waals surface area contributed by atoms with Crippen LogP contribution in [0.15, 0.2) is 15.7 Å². The summed E-state index contributed by atoms with van der Waals surface area (Å²) < 4.78 is 32.7. The van der Waals surface area contributed by atoms with E-state index in [2.05, 4.69) is 4.72 Å². The number of carboxylic acids is 1. The lowest BCUT2D eigenvalue weighted by molar-refractivity contribution is -0.140. The summed E-state index contributed by atoms with van der Waals surface area (Å²) in [6.45, 7) is 2.43. The number of ether oxygens (including phenoxy) is 1. The van der Waals surface area contributed by atoms with Crippen LogP contribution in [-0.2, 0) is 19.6 Å². The highest BCUT2D eigenvalue weighted by atomic mass is 32.2. The number of carboxylic acid groups (broad SMARTS) is 1. The van der Waals surface area contributed by atoms with E-state index in [9.17, 15) is 13.2 Å². The molecule has 112 valence electrons. The van der Waals surface area contributed by atoms with Crippen molar-refractivity contribution >= 4 is 27.3 Å². The highest BCUT2D eigenvalue weighted by Crippen LogP contribution is 2.27. The number of hydrogen-bond acceptors (Lipinski definition) is 5. The minimum absolute atomic E-state index is 0.0862. The van der Waals surface area contributed by atoms with E-state index in [1.54, 1.807) is 11.4 Å². The first-order valence-corrected chi connectivity index (χ1v) is 8.58. The zero-order chi connectivity index (χ0) is 14.8. The van der Waals surface area contributed by atoms with E-state index in [1.807, 2.05) is 6.92 Å². The van der Waals surface area contributed by atoms with Crippen molar-refractivity contribution in [3.8, 4) is 0 Å². The second-order valence-electron chi connectivity index (χ2n) is 5.06. The second kappa shape index (κ2) is 5.80. The zero-order valence-corrected chi connectivity index (χ0v) is 12.7. The Labute approximate surface area is 121 Å². The van der Waals surface area contributed by atoms with Gasteiger partial charge in [-0.15, -0.1) is 11.3 Å². The molecule has 1 aliphatic heterocycles. The van der Waals surface area contributed by atoms with Crippen LogP contribution in [0.25, 0.3) is 0 Å². The van der Waals surface area contributed by atoms with Crippen LogP contribution in [0.1, 0.15) is 24.8 Å². The number of thiophene rings is 1. The molecule has 1 aromatic rings.